The molecule has 84 valence electrons. The van der Waals surface area contributed by atoms with Crippen molar-refractivity contribution >= 4 is 0 Å². The fraction of sp³-hybridized carbons (Fsp3) is 0.455. The molecule has 0 aliphatic heterocycles. The Labute approximate surface area is 88.0 Å². The van der Waals surface area contributed by atoms with E-state index in [1.807, 2.05) is 0 Å². The minimum atomic E-state index is -0.547. The van der Waals surface area contributed by atoms with Gasteiger partial charge in [-0.15, -0.1) is 0 Å². The Kier molecular flexibility index (Phi) is 4.03. The number of hydrogen-bond donors (Lipinski definition) is 1. The van der Waals surface area contributed by atoms with E-state index < -0.39 is 11.6 Å². The molecule has 15 heavy (non-hydrogen) atoms. The molecule has 0 saturated heterocycles. The van der Waals surface area contributed by atoms with Crippen molar-refractivity contribution in [3.63, 3.8) is 0 Å². The SMILES string of the molecule is CCOc1cc(F)c(CC(C)N)cc1F. The van der Waals surface area contributed by atoms with Gasteiger partial charge in [0.05, 0.1) is 6.61 Å². The van der Waals surface area contributed by atoms with Gasteiger partial charge < -0.3 is 10.5 Å². The van der Waals surface area contributed by atoms with Crippen molar-refractivity contribution in [2.24, 2.45) is 5.73 Å². The summed E-state index contributed by atoms with van der Waals surface area (Å²) in [4.78, 5) is 0. The second kappa shape index (κ2) is 5.07. The summed E-state index contributed by atoms with van der Waals surface area (Å²) in [6.45, 7) is 3.77. The summed E-state index contributed by atoms with van der Waals surface area (Å²) in [7, 11) is 0. The molecule has 0 heterocycles. The molecule has 0 radical (unpaired) electrons. The van der Waals surface area contributed by atoms with E-state index in [0.717, 1.165) is 12.1 Å². The van der Waals surface area contributed by atoms with E-state index in [0.29, 0.717) is 13.0 Å². The minimum absolute atomic E-state index is 0.0524. The Balaban J connectivity index is 2.97. The highest BCUT2D eigenvalue weighted by Gasteiger charge is 2.11. The van der Waals surface area contributed by atoms with Gasteiger partial charge in [0.1, 0.15) is 5.82 Å². The van der Waals surface area contributed by atoms with Gasteiger partial charge in [0, 0.05) is 12.1 Å². The molecule has 0 amide bonds. The normalized spacial score (nSPS) is 12.6. The molecule has 4 heteroatoms. The van der Waals surface area contributed by atoms with E-state index >= 15 is 0 Å². The average Bonchev–Trinajstić information content (AvgIpc) is 2.13. The summed E-state index contributed by atoms with van der Waals surface area (Å²) in [6.07, 6.45) is 0.315. The highest BCUT2D eigenvalue weighted by molar-refractivity contribution is 5.31. The van der Waals surface area contributed by atoms with Crippen LogP contribution in [0.1, 0.15) is 19.4 Å². The lowest BCUT2D eigenvalue weighted by Gasteiger charge is -2.10. The van der Waals surface area contributed by atoms with Crippen molar-refractivity contribution in [1.29, 1.82) is 0 Å². The largest absolute Gasteiger partial charge is 0.491 e. The summed E-state index contributed by atoms with van der Waals surface area (Å²) in [5.74, 6) is -1.07. The van der Waals surface area contributed by atoms with E-state index in [1.165, 1.54) is 0 Å². The van der Waals surface area contributed by atoms with Crippen LogP contribution in [0.25, 0.3) is 0 Å². The van der Waals surface area contributed by atoms with Gasteiger partial charge in [0.15, 0.2) is 11.6 Å². The molecule has 0 saturated carbocycles. The third-order valence-corrected chi connectivity index (χ3v) is 1.94. The second-order valence-electron chi connectivity index (χ2n) is 3.49. The fourth-order valence-electron chi connectivity index (χ4n) is 1.34. The van der Waals surface area contributed by atoms with E-state index in [2.05, 4.69) is 0 Å². The molecule has 0 spiro atoms. The monoisotopic (exact) mass is 215 g/mol. The van der Waals surface area contributed by atoms with Crippen LogP contribution >= 0.6 is 0 Å². The lowest BCUT2D eigenvalue weighted by atomic mass is 10.1. The van der Waals surface area contributed by atoms with Gasteiger partial charge in [0.25, 0.3) is 0 Å². The van der Waals surface area contributed by atoms with E-state index in [4.69, 9.17) is 10.5 Å². The summed E-state index contributed by atoms with van der Waals surface area (Å²) in [5, 5.41) is 0. The van der Waals surface area contributed by atoms with Crippen molar-refractivity contribution < 1.29 is 13.5 Å². The Morgan fingerprint density at radius 1 is 1.33 bits per heavy atom. The van der Waals surface area contributed by atoms with Crippen LogP contribution in [-0.2, 0) is 6.42 Å². The predicted octanol–water partition coefficient (Wildman–Crippen LogP) is 2.25. The first-order valence-corrected chi connectivity index (χ1v) is 4.91. The third-order valence-electron chi connectivity index (χ3n) is 1.94. The number of rotatable bonds is 4. The van der Waals surface area contributed by atoms with Gasteiger partial charge in [-0.2, -0.15) is 0 Å². The van der Waals surface area contributed by atoms with E-state index in [-0.39, 0.29) is 17.4 Å². The standard InChI is InChI=1S/C11H15F2NO/c1-3-15-11-6-9(12)8(4-7(2)14)5-10(11)13/h5-7H,3-4,14H2,1-2H3. The fourth-order valence-corrected chi connectivity index (χ4v) is 1.34. The van der Waals surface area contributed by atoms with Crippen molar-refractivity contribution in [1.82, 2.24) is 0 Å². The Hall–Kier alpha value is -1.16. The van der Waals surface area contributed by atoms with Gasteiger partial charge >= 0.3 is 0 Å². The van der Waals surface area contributed by atoms with Gasteiger partial charge in [-0.3, -0.25) is 0 Å². The maximum atomic E-state index is 13.4. The zero-order valence-electron chi connectivity index (χ0n) is 8.89. The number of ether oxygens (including phenoxy) is 1. The van der Waals surface area contributed by atoms with Crippen LogP contribution in [0.3, 0.4) is 0 Å². The maximum absolute atomic E-state index is 13.4. The summed E-state index contributed by atoms with van der Waals surface area (Å²) in [6, 6.07) is 2.01. The summed E-state index contributed by atoms with van der Waals surface area (Å²) in [5.41, 5.74) is 5.80. The molecule has 1 aromatic rings. The molecule has 0 aliphatic rings. The minimum Gasteiger partial charge on any atom is -0.491 e. The molecule has 2 nitrogen and oxygen atoms in total. The van der Waals surface area contributed by atoms with E-state index in [9.17, 15) is 8.78 Å². The van der Waals surface area contributed by atoms with Crippen molar-refractivity contribution in [3.05, 3.63) is 29.3 Å². The van der Waals surface area contributed by atoms with E-state index in [1.54, 1.807) is 13.8 Å². The quantitative estimate of drug-likeness (QED) is 0.836. The second-order valence-corrected chi connectivity index (χ2v) is 3.49. The molecule has 1 unspecified atom stereocenters. The highest BCUT2D eigenvalue weighted by Crippen LogP contribution is 2.22. The van der Waals surface area contributed by atoms with Crippen molar-refractivity contribution in [3.8, 4) is 5.75 Å². The predicted molar refractivity (Wildman–Crippen MR) is 54.9 cm³/mol. The summed E-state index contributed by atoms with van der Waals surface area (Å²) >= 11 is 0. The smallest absolute Gasteiger partial charge is 0.165 e. The van der Waals surface area contributed by atoms with Gasteiger partial charge in [0.2, 0.25) is 0 Å². The zero-order valence-corrected chi connectivity index (χ0v) is 8.89. The van der Waals surface area contributed by atoms with Crippen LogP contribution in [0.5, 0.6) is 5.75 Å². The molecular weight excluding hydrogens is 200 g/mol. The average molecular weight is 215 g/mol. The lowest BCUT2D eigenvalue weighted by molar-refractivity contribution is 0.318. The van der Waals surface area contributed by atoms with Gasteiger partial charge in [-0.1, -0.05) is 0 Å². The van der Waals surface area contributed by atoms with Crippen molar-refractivity contribution in [2.75, 3.05) is 6.61 Å². The lowest BCUT2D eigenvalue weighted by Crippen LogP contribution is -2.18. The number of halogens is 2. The number of benzene rings is 1. The van der Waals surface area contributed by atoms with Crippen LogP contribution in [0, 0.1) is 11.6 Å². The first-order valence-electron chi connectivity index (χ1n) is 4.91. The molecule has 1 atom stereocenters. The Morgan fingerprint density at radius 2 is 2.00 bits per heavy atom. The van der Waals surface area contributed by atoms with Gasteiger partial charge in [-0.25, -0.2) is 8.78 Å². The van der Waals surface area contributed by atoms with Gasteiger partial charge in [-0.05, 0) is 31.9 Å². The first-order chi connectivity index (χ1) is 7.04. The summed E-state index contributed by atoms with van der Waals surface area (Å²) < 4.78 is 31.7. The zero-order chi connectivity index (χ0) is 11.4. The Morgan fingerprint density at radius 3 is 2.53 bits per heavy atom. The maximum Gasteiger partial charge on any atom is 0.165 e. The number of hydrogen-bond acceptors (Lipinski definition) is 2. The van der Waals surface area contributed by atoms with Crippen LogP contribution in [0.15, 0.2) is 12.1 Å². The topological polar surface area (TPSA) is 35.2 Å². The molecule has 0 fully saturated rings. The molecule has 0 aromatic heterocycles. The van der Waals surface area contributed by atoms with Crippen LogP contribution in [0.4, 0.5) is 8.78 Å². The van der Waals surface area contributed by atoms with Crippen LogP contribution in [-0.4, -0.2) is 12.6 Å². The Bertz CT molecular complexity index is 340. The highest BCUT2D eigenvalue weighted by atomic mass is 19.1. The number of nitrogens with two attached hydrogens (primary N) is 1. The van der Waals surface area contributed by atoms with Crippen LogP contribution in [0.2, 0.25) is 0 Å². The molecule has 1 aromatic carbocycles. The third kappa shape index (κ3) is 3.16. The molecule has 0 bridgehead atoms. The van der Waals surface area contributed by atoms with Crippen LogP contribution < -0.4 is 10.5 Å². The molecule has 1 rings (SSSR count). The van der Waals surface area contributed by atoms with Crippen molar-refractivity contribution in [2.45, 2.75) is 26.3 Å². The molecule has 2 N–H and O–H groups in total. The molecular formula is C11H15F2NO. The molecule has 0 aliphatic carbocycles. The first kappa shape index (κ1) is 11.9.